The number of hydrogen-bond donors (Lipinski definition) is 1. The Kier molecular flexibility index (Phi) is 12.8. The molecule has 0 aromatic rings. The van der Waals surface area contributed by atoms with Crippen LogP contribution in [-0.4, -0.2) is 76.6 Å². The Balaban J connectivity index is 3.15. The number of ether oxygens (including phenoxy) is 5. The molecule has 0 unspecified atom stereocenters. The van der Waals surface area contributed by atoms with Crippen molar-refractivity contribution in [1.82, 2.24) is 0 Å². The van der Waals surface area contributed by atoms with Gasteiger partial charge in [0.25, 0.3) is 6.47 Å². The Morgan fingerprint density at radius 1 is 0.850 bits per heavy atom. The Morgan fingerprint density at radius 2 is 1.30 bits per heavy atom. The minimum absolute atomic E-state index is 0.0256. The number of rotatable bonds is 15. The number of hydrogen-bond acceptors (Lipinski definition) is 7. The second-order valence-electron chi connectivity index (χ2n) is 4.59. The largest absolute Gasteiger partial charge is 0.459 e. The van der Waals surface area contributed by atoms with Crippen molar-refractivity contribution in [2.45, 2.75) is 19.4 Å². The van der Waals surface area contributed by atoms with Crippen LogP contribution in [0.1, 0.15) is 13.8 Å². The lowest BCUT2D eigenvalue weighted by Crippen LogP contribution is -2.30. The number of carbonyl (C=O) groups excluding carboxylic acids is 1. The first-order valence-corrected chi connectivity index (χ1v) is 6.65. The van der Waals surface area contributed by atoms with Crippen LogP contribution in [0.2, 0.25) is 0 Å². The topological polar surface area (TPSA) is 83.5 Å². The zero-order valence-corrected chi connectivity index (χ0v) is 12.3. The van der Waals surface area contributed by atoms with Gasteiger partial charge in [0, 0.05) is 0 Å². The lowest BCUT2D eigenvalue weighted by Gasteiger charge is -2.22. The molecule has 0 saturated heterocycles. The van der Waals surface area contributed by atoms with Crippen molar-refractivity contribution in [1.29, 1.82) is 0 Å². The Morgan fingerprint density at radius 3 is 1.75 bits per heavy atom. The molecule has 20 heavy (non-hydrogen) atoms. The van der Waals surface area contributed by atoms with E-state index < -0.39 is 5.60 Å². The fourth-order valence-electron chi connectivity index (χ4n) is 1.21. The first-order valence-electron chi connectivity index (χ1n) is 6.65. The smallest absolute Gasteiger partial charge is 0.293 e. The summed E-state index contributed by atoms with van der Waals surface area (Å²) in [6.07, 6.45) is 0. The third kappa shape index (κ3) is 13.7. The van der Waals surface area contributed by atoms with Crippen LogP contribution in [0.3, 0.4) is 0 Å². The molecule has 0 rings (SSSR count). The summed E-state index contributed by atoms with van der Waals surface area (Å²) in [5, 5.41) is 8.47. The molecule has 120 valence electrons. The summed E-state index contributed by atoms with van der Waals surface area (Å²) < 4.78 is 25.7. The van der Waals surface area contributed by atoms with Gasteiger partial charge in [-0.1, -0.05) is 0 Å². The third-order valence-corrected chi connectivity index (χ3v) is 2.17. The maximum absolute atomic E-state index is 10.2. The molecule has 7 heteroatoms. The van der Waals surface area contributed by atoms with Crippen molar-refractivity contribution in [3.63, 3.8) is 0 Å². The van der Waals surface area contributed by atoms with Crippen LogP contribution in [0.5, 0.6) is 0 Å². The molecule has 0 aliphatic heterocycles. The second-order valence-corrected chi connectivity index (χ2v) is 4.59. The average molecular weight is 294 g/mol. The van der Waals surface area contributed by atoms with Gasteiger partial charge < -0.3 is 28.8 Å². The van der Waals surface area contributed by atoms with E-state index >= 15 is 0 Å². The molecule has 0 amide bonds. The molecule has 0 heterocycles. The quantitative estimate of drug-likeness (QED) is 0.336. The number of aliphatic hydroxyl groups excluding tert-OH is 1. The molecule has 7 nitrogen and oxygen atoms in total. The highest BCUT2D eigenvalue weighted by molar-refractivity contribution is 5.38. The van der Waals surface area contributed by atoms with Crippen LogP contribution in [0.25, 0.3) is 0 Å². The molecule has 0 radical (unpaired) electrons. The van der Waals surface area contributed by atoms with E-state index in [-0.39, 0.29) is 6.61 Å². The predicted molar refractivity (Wildman–Crippen MR) is 71.6 cm³/mol. The highest BCUT2D eigenvalue weighted by Gasteiger charge is 2.18. The molecule has 0 atom stereocenters. The van der Waals surface area contributed by atoms with Gasteiger partial charge in [-0.3, -0.25) is 4.79 Å². The summed E-state index contributed by atoms with van der Waals surface area (Å²) in [6.45, 7) is 7.47. The van der Waals surface area contributed by atoms with E-state index in [4.69, 9.17) is 28.8 Å². The van der Waals surface area contributed by atoms with Crippen LogP contribution in [0.4, 0.5) is 0 Å². The van der Waals surface area contributed by atoms with Gasteiger partial charge in [0.15, 0.2) is 0 Å². The van der Waals surface area contributed by atoms with Gasteiger partial charge in [-0.05, 0) is 13.8 Å². The molecule has 1 N–H and O–H groups in total. The van der Waals surface area contributed by atoms with Crippen LogP contribution in [0, 0.1) is 0 Å². The van der Waals surface area contributed by atoms with Crippen LogP contribution in [-0.2, 0) is 28.5 Å². The molecule has 0 saturated carbocycles. The molecule has 0 aliphatic rings. The van der Waals surface area contributed by atoms with E-state index in [1.165, 1.54) is 0 Å². The highest BCUT2D eigenvalue weighted by Crippen LogP contribution is 2.07. The van der Waals surface area contributed by atoms with Gasteiger partial charge in [0.1, 0.15) is 5.60 Å². The molecule has 0 spiro atoms. The van der Waals surface area contributed by atoms with Crippen molar-refractivity contribution in [2.75, 3.05) is 59.5 Å². The van der Waals surface area contributed by atoms with Crippen molar-refractivity contribution in [3.05, 3.63) is 0 Å². The van der Waals surface area contributed by atoms with E-state index in [0.717, 1.165) is 0 Å². The fourth-order valence-corrected chi connectivity index (χ4v) is 1.21. The maximum Gasteiger partial charge on any atom is 0.293 e. The fraction of sp³-hybridized carbons (Fsp3) is 0.923. The van der Waals surface area contributed by atoms with E-state index in [0.29, 0.717) is 59.3 Å². The maximum atomic E-state index is 10.2. The molecule has 0 aromatic carbocycles. The summed E-state index contributed by atoms with van der Waals surface area (Å²) in [5.41, 5.74) is -0.612. The predicted octanol–water partition coefficient (Wildman–Crippen LogP) is -0.00330. The minimum Gasteiger partial charge on any atom is -0.459 e. The van der Waals surface area contributed by atoms with Crippen molar-refractivity contribution in [3.8, 4) is 0 Å². The average Bonchev–Trinajstić information content (AvgIpc) is 2.40. The monoisotopic (exact) mass is 294 g/mol. The van der Waals surface area contributed by atoms with Gasteiger partial charge in [-0.15, -0.1) is 0 Å². The van der Waals surface area contributed by atoms with E-state index in [2.05, 4.69) is 0 Å². The minimum atomic E-state index is -0.612. The van der Waals surface area contributed by atoms with Crippen LogP contribution >= 0.6 is 0 Å². The lowest BCUT2D eigenvalue weighted by atomic mass is 10.1. The number of carbonyl (C=O) groups is 1. The van der Waals surface area contributed by atoms with Crippen molar-refractivity contribution < 1.29 is 33.6 Å². The van der Waals surface area contributed by atoms with Crippen molar-refractivity contribution in [2.24, 2.45) is 0 Å². The molecular formula is C13H26O7. The van der Waals surface area contributed by atoms with Gasteiger partial charge in [0.05, 0.1) is 59.5 Å². The summed E-state index contributed by atoms with van der Waals surface area (Å²) in [7, 11) is 0. The van der Waals surface area contributed by atoms with E-state index in [1.54, 1.807) is 13.8 Å². The normalized spacial score (nSPS) is 11.6. The van der Waals surface area contributed by atoms with Gasteiger partial charge in [0.2, 0.25) is 0 Å². The van der Waals surface area contributed by atoms with Crippen LogP contribution < -0.4 is 0 Å². The summed E-state index contributed by atoms with van der Waals surface area (Å²) in [5.74, 6) is 0. The SMILES string of the molecule is CC(C)(COCCOCCOCCOCCO)OC=O. The Labute approximate surface area is 120 Å². The molecule has 0 aromatic heterocycles. The summed E-state index contributed by atoms with van der Waals surface area (Å²) in [4.78, 5) is 10.2. The first kappa shape index (κ1) is 19.3. The zero-order valence-electron chi connectivity index (χ0n) is 12.3. The molecule has 0 fully saturated rings. The molecule has 0 bridgehead atoms. The summed E-state index contributed by atoms with van der Waals surface area (Å²) in [6, 6.07) is 0. The second kappa shape index (κ2) is 13.3. The Bertz CT molecular complexity index is 221. The van der Waals surface area contributed by atoms with Crippen LogP contribution in [0.15, 0.2) is 0 Å². The third-order valence-electron chi connectivity index (χ3n) is 2.17. The Hall–Kier alpha value is -0.730. The van der Waals surface area contributed by atoms with E-state index in [1.807, 2.05) is 0 Å². The highest BCUT2D eigenvalue weighted by atomic mass is 16.6. The first-order chi connectivity index (χ1) is 9.62. The standard InChI is InChI=1S/C13H26O7/c1-13(2,20-12-15)11-19-10-9-18-8-7-17-6-5-16-4-3-14/h12,14H,3-11H2,1-2H3. The molecular weight excluding hydrogens is 268 g/mol. The zero-order chi connectivity index (χ0) is 15.1. The van der Waals surface area contributed by atoms with Gasteiger partial charge in [-0.2, -0.15) is 0 Å². The van der Waals surface area contributed by atoms with Crippen molar-refractivity contribution >= 4 is 6.47 Å². The summed E-state index contributed by atoms with van der Waals surface area (Å²) >= 11 is 0. The molecule has 0 aliphatic carbocycles. The number of aliphatic hydroxyl groups is 1. The van der Waals surface area contributed by atoms with E-state index in [9.17, 15) is 4.79 Å². The lowest BCUT2D eigenvalue weighted by molar-refractivity contribution is -0.146. The van der Waals surface area contributed by atoms with Gasteiger partial charge in [-0.25, -0.2) is 0 Å². The van der Waals surface area contributed by atoms with Gasteiger partial charge >= 0.3 is 0 Å².